The first-order valence-corrected chi connectivity index (χ1v) is 7.93. The van der Waals surface area contributed by atoms with Crippen LogP contribution in [0.3, 0.4) is 0 Å². The maximum absolute atomic E-state index is 8.97. The quantitative estimate of drug-likeness (QED) is 0.720. The number of halogens is 1. The lowest BCUT2D eigenvalue weighted by Crippen LogP contribution is -2.04. The Balaban J connectivity index is 1.84. The number of hydrogen-bond donors (Lipinski definition) is 2. The Labute approximate surface area is 150 Å². The van der Waals surface area contributed by atoms with Crippen molar-refractivity contribution in [2.75, 3.05) is 10.6 Å². The average molecular weight is 351 g/mol. The highest BCUT2D eigenvalue weighted by Gasteiger charge is 2.08. The summed E-state index contributed by atoms with van der Waals surface area (Å²) >= 11 is 6.30. The van der Waals surface area contributed by atoms with Gasteiger partial charge in [0.05, 0.1) is 28.5 Å². The molecular weight excluding hydrogens is 336 g/mol. The lowest BCUT2D eigenvalue weighted by molar-refractivity contribution is 0.981. The topological polar surface area (TPSA) is 86.5 Å². The number of rotatable bonds is 4. The number of benzene rings is 2. The molecule has 2 N–H and O–H groups in total. The van der Waals surface area contributed by atoms with Gasteiger partial charge in [-0.2, -0.15) is 15.3 Å². The van der Waals surface area contributed by atoms with Crippen molar-refractivity contribution in [3.63, 3.8) is 0 Å². The fraction of sp³-hybridized carbons (Fsp3) is 0.111. The SMILES string of the molecule is Cc1cc(C)c(Nc2nncc(Nc3cccc(C#N)c3)n2)c(Cl)c1. The van der Waals surface area contributed by atoms with Crippen LogP contribution in [-0.2, 0) is 0 Å². The zero-order valence-electron chi connectivity index (χ0n) is 13.7. The van der Waals surface area contributed by atoms with Crippen LogP contribution in [0.15, 0.2) is 42.6 Å². The number of aryl methyl sites for hydroxylation is 2. The lowest BCUT2D eigenvalue weighted by Gasteiger charge is -2.12. The van der Waals surface area contributed by atoms with Crippen LogP contribution in [0.4, 0.5) is 23.1 Å². The third kappa shape index (κ3) is 4.03. The minimum Gasteiger partial charge on any atom is -0.339 e. The van der Waals surface area contributed by atoms with E-state index < -0.39 is 0 Å². The van der Waals surface area contributed by atoms with Crippen molar-refractivity contribution in [1.29, 1.82) is 5.26 Å². The molecule has 3 rings (SSSR count). The van der Waals surface area contributed by atoms with E-state index in [0.717, 1.165) is 22.5 Å². The number of aromatic nitrogens is 3. The highest BCUT2D eigenvalue weighted by molar-refractivity contribution is 6.33. The number of nitrogens with one attached hydrogen (secondary N) is 2. The summed E-state index contributed by atoms with van der Waals surface area (Å²) in [6, 6.07) is 13.1. The predicted octanol–water partition coefficient (Wildman–Crippen LogP) is 4.50. The van der Waals surface area contributed by atoms with Crippen molar-refractivity contribution in [2.24, 2.45) is 0 Å². The molecule has 124 valence electrons. The molecule has 0 bridgehead atoms. The van der Waals surface area contributed by atoms with Gasteiger partial charge in [-0.1, -0.05) is 23.7 Å². The number of hydrogen-bond acceptors (Lipinski definition) is 6. The van der Waals surface area contributed by atoms with Crippen molar-refractivity contribution in [2.45, 2.75) is 13.8 Å². The van der Waals surface area contributed by atoms with Crippen molar-refractivity contribution in [3.8, 4) is 6.07 Å². The first-order chi connectivity index (χ1) is 12.0. The van der Waals surface area contributed by atoms with Gasteiger partial charge in [-0.3, -0.25) is 0 Å². The third-order valence-corrected chi connectivity index (χ3v) is 3.79. The van der Waals surface area contributed by atoms with E-state index in [-0.39, 0.29) is 0 Å². The van der Waals surface area contributed by atoms with E-state index >= 15 is 0 Å². The Morgan fingerprint density at radius 3 is 2.72 bits per heavy atom. The first kappa shape index (κ1) is 16.7. The van der Waals surface area contributed by atoms with Gasteiger partial charge in [0.15, 0.2) is 5.82 Å². The molecule has 0 aliphatic rings. The van der Waals surface area contributed by atoms with Crippen LogP contribution >= 0.6 is 11.6 Å². The monoisotopic (exact) mass is 350 g/mol. The summed E-state index contributed by atoms with van der Waals surface area (Å²) in [5, 5.41) is 23.7. The van der Waals surface area contributed by atoms with Crippen molar-refractivity contribution in [3.05, 3.63) is 64.3 Å². The smallest absolute Gasteiger partial charge is 0.249 e. The van der Waals surface area contributed by atoms with Gasteiger partial charge in [0.25, 0.3) is 0 Å². The van der Waals surface area contributed by atoms with Crippen LogP contribution in [0.2, 0.25) is 5.02 Å². The summed E-state index contributed by atoms with van der Waals surface area (Å²) in [6.45, 7) is 3.95. The molecule has 0 spiro atoms. The lowest BCUT2D eigenvalue weighted by atomic mass is 10.1. The van der Waals surface area contributed by atoms with Gasteiger partial charge >= 0.3 is 0 Å². The average Bonchev–Trinajstić information content (AvgIpc) is 2.58. The van der Waals surface area contributed by atoms with Crippen molar-refractivity contribution < 1.29 is 0 Å². The normalized spacial score (nSPS) is 10.2. The first-order valence-electron chi connectivity index (χ1n) is 7.56. The molecule has 1 aromatic heterocycles. The molecule has 7 heteroatoms. The molecule has 3 aromatic rings. The Bertz CT molecular complexity index is 941. The van der Waals surface area contributed by atoms with E-state index in [9.17, 15) is 0 Å². The van der Waals surface area contributed by atoms with Crippen LogP contribution in [0, 0.1) is 25.2 Å². The van der Waals surface area contributed by atoms with Crippen molar-refractivity contribution >= 4 is 34.7 Å². The molecule has 0 saturated heterocycles. The molecule has 2 aromatic carbocycles. The molecule has 25 heavy (non-hydrogen) atoms. The second kappa shape index (κ2) is 7.16. The fourth-order valence-corrected chi connectivity index (χ4v) is 2.79. The Morgan fingerprint density at radius 1 is 1.12 bits per heavy atom. The van der Waals surface area contributed by atoms with Gasteiger partial charge in [0, 0.05) is 5.69 Å². The Kier molecular flexibility index (Phi) is 4.78. The minimum atomic E-state index is 0.329. The molecule has 0 radical (unpaired) electrons. The molecule has 0 aliphatic carbocycles. The highest BCUT2D eigenvalue weighted by atomic mass is 35.5. The van der Waals surface area contributed by atoms with Crippen LogP contribution in [0.5, 0.6) is 0 Å². The van der Waals surface area contributed by atoms with Crippen LogP contribution in [-0.4, -0.2) is 15.2 Å². The Morgan fingerprint density at radius 2 is 1.96 bits per heavy atom. The molecular formula is C18H15ClN6. The molecule has 6 nitrogen and oxygen atoms in total. The maximum atomic E-state index is 8.97. The van der Waals surface area contributed by atoms with E-state index in [4.69, 9.17) is 16.9 Å². The maximum Gasteiger partial charge on any atom is 0.249 e. The van der Waals surface area contributed by atoms with E-state index in [1.165, 1.54) is 6.20 Å². The number of nitriles is 1. The van der Waals surface area contributed by atoms with Gasteiger partial charge in [-0.15, -0.1) is 5.10 Å². The van der Waals surface area contributed by atoms with E-state index in [0.29, 0.717) is 22.4 Å². The van der Waals surface area contributed by atoms with Crippen LogP contribution in [0.1, 0.15) is 16.7 Å². The summed E-state index contributed by atoms with van der Waals surface area (Å²) in [5.41, 5.74) is 4.13. The molecule has 0 atom stereocenters. The minimum absolute atomic E-state index is 0.329. The van der Waals surface area contributed by atoms with Gasteiger partial charge in [0.1, 0.15) is 0 Å². The van der Waals surface area contributed by atoms with Crippen molar-refractivity contribution in [1.82, 2.24) is 15.2 Å². The molecule has 0 unspecified atom stereocenters. The van der Waals surface area contributed by atoms with Gasteiger partial charge in [-0.25, -0.2) is 0 Å². The second-order valence-electron chi connectivity index (χ2n) is 5.55. The van der Waals surface area contributed by atoms with Gasteiger partial charge < -0.3 is 10.6 Å². The van der Waals surface area contributed by atoms with E-state index in [1.807, 2.05) is 32.0 Å². The summed E-state index contributed by atoms with van der Waals surface area (Å²) in [5.74, 6) is 0.837. The van der Waals surface area contributed by atoms with Crippen LogP contribution < -0.4 is 10.6 Å². The third-order valence-electron chi connectivity index (χ3n) is 3.49. The predicted molar refractivity (Wildman–Crippen MR) is 98.5 cm³/mol. The fourth-order valence-electron chi connectivity index (χ4n) is 2.42. The Hall–Kier alpha value is -3.17. The molecule has 0 fully saturated rings. The van der Waals surface area contributed by atoms with E-state index in [1.54, 1.807) is 18.2 Å². The molecule has 1 heterocycles. The van der Waals surface area contributed by atoms with Crippen LogP contribution in [0.25, 0.3) is 0 Å². The zero-order valence-corrected chi connectivity index (χ0v) is 14.5. The summed E-state index contributed by atoms with van der Waals surface area (Å²) in [6.07, 6.45) is 1.51. The van der Waals surface area contributed by atoms with Gasteiger partial charge in [0.2, 0.25) is 5.95 Å². The highest BCUT2D eigenvalue weighted by Crippen LogP contribution is 2.29. The van der Waals surface area contributed by atoms with E-state index in [2.05, 4.69) is 31.9 Å². The van der Waals surface area contributed by atoms with Gasteiger partial charge in [-0.05, 0) is 49.2 Å². The zero-order chi connectivity index (χ0) is 17.8. The number of anilines is 4. The largest absolute Gasteiger partial charge is 0.339 e. The standard InChI is InChI=1S/C18H15ClN6/c1-11-6-12(2)17(15(19)7-11)24-18-23-16(10-21-25-18)22-14-5-3-4-13(8-14)9-20/h3-8,10H,1-2H3,(H2,22,23,24,25). The summed E-state index contributed by atoms with van der Waals surface area (Å²) in [7, 11) is 0. The molecule has 0 amide bonds. The molecule has 0 saturated carbocycles. The summed E-state index contributed by atoms with van der Waals surface area (Å²) < 4.78 is 0. The molecule has 0 aliphatic heterocycles. The number of nitrogens with zero attached hydrogens (tertiary/aromatic N) is 4. The second-order valence-corrected chi connectivity index (χ2v) is 5.95. The summed E-state index contributed by atoms with van der Waals surface area (Å²) in [4.78, 5) is 4.39.